The fraction of sp³-hybridized carbons (Fsp3) is 0.174. The molecule has 13 heteroatoms. The van der Waals surface area contributed by atoms with E-state index in [1.54, 1.807) is 13.0 Å². The Balaban J connectivity index is 1.51. The molecule has 0 saturated carbocycles. The first-order valence-corrected chi connectivity index (χ1v) is 10.9. The number of fused-ring (bicyclic) bond motifs is 2. The van der Waals surface area contributed by atoms with Crippen LogP contribution in [0.25, 0.3) is 22.3 Å². The molecule has 0 saturated heterocycles. The summed E-state index contributed by atoms with van der Waals surface area (Å²) in [6, 6.07) is 10.6. The second kappa shape index (κ2) is 8.62. The number of likely N-dealkylation sites (N-methyl/N-ethyl adjacent to an activating group) is 1. The van der Waals surface area contributed by atoms with Gasteiger partial charge in [-0.2, -0.15) is 10.4 Å². The van der Waals surface area contributed by atoms with E-state index in [1.807, 2.05) is 6.07 Å². The van der Waals surface area contributed by atoms with Gasteiger partial charge < -0.3 is 19.4 Å². The van der Waals surface area contributed by atoms with Crippen LogP contribution in [0.3, 0.4) is 0 Å². The molecule has 0 radical (unpaired) electrons. The zero-order valence-corrected chi connectivity index (χ0v) is 19.2. The minimum Gasteiger partial charge on any atom is -0.395 e. The zero-order chi connectivity index (χ0) is 25.6. The molecule has 10 nitrogen and oxygen atoms in total. The van der Waals surface area contributed by atoms with E-state index in [0.29, 0.717) is 5.56 Å². The van der Waals surface area contributed by atoms with Crippen molar-refractivity contribution in [3.8, 4) is 28.8 Å². The van der Waals surface area contributed by atoms with Crippen LogP contribution in [0.5, 0.6) is 11.5 Å². The molecular weight excluding hydrogens is 498 g/mol. The first-order valence-electron chi connectivity index (χ1n) is 10.5. The number of benzene rings is 2. The molecule has 2 aromatic heterocycles. The molecule has 0 spiro atoms. The number of carbonyl (C=O) groups excluding carboxylic acids is 1. The molecule has 0 fully saturated rings. The monoisotopic (exact) mass is 512 g/mol. The largest absolute Gasteiger partial charge is 0.586 e. The Kier molecular flexibility index (Phi) is 5.57. The maximum Gasteiger partial charge on any atom is 0.586 e. The van der Waals surface area contributed by atoms with Crippen molar-refractivity contribution in [2.24, 2.45) is 0 Å². The fourth-order valence-corrected chi connectivity index (χ4v) is 4.08. The maximum absolute atomic E-state index is 13.4. The molecule has 0 unspecified atom stereocenters. The molecule has 1 N–H and O–H groups in total. The molecule has 182 valence electrons. The summed E-state index contributed by atoms with van der Waals surface area (Å²) in [4.78, 5) is 34.5. The number of nitrogens with one attached hydrogen (secondary N) is 1. The SMILES string of the molecule is CCN(C(=O)Cn1nc(-c2ccc(C#N)c(Cl)c2)c2nc[nH]c2c1=O)c1ccc2c(c1)OC(F)(F)O2. The van der Waals surface area contributed by atoms with Gasteiger partial charge in [0.15, 0.2) is 11.5 Å². The Hall–Kier alpha value is -4.50. The molecule has 1 aliphatic rings. The Morgan fingerprint density at radius 1 is 1.25 bits per heavy atom. The average molecular weight is 513 g/mol. The van der Waals surface area contributed by atoms with Crippen LogP contribution >= 0.6 is 11.6 Å². The Labute approximate surface area is 206 Å². The van der Waals surface area contributed by atoms with Gasteiger partial charge in [0.05, 0.1) is 16.9 Å². The van der Waals surface area contributed by atoms with E-state index in [0.717, 1.165) is 4.68 Å². The van der Waals surface area contributed by atoms with E-state index in [-0.39, 0.29) is 51.0 Å². The van der Waals surface area contributed by atoms with Crippen LogP contribution < -0.4 is 19.9 Å². The fourth-order valence-electron chi connectivity index (χ4n) is 3.86. The highest BCUT2D eigenvalue weighted by atomic mass is 35.5. The van der Waals surface area contributed by atoms with Gasteiger partial charge in [-0.3, -0.25) is 9.59 Å². The van der Waals surface area contributed by atoms with Crippen molar-refractivity contribution in [2.75, 3.05) is 11.4 Å². The topological polar surface area (TPSA) is 126 Å². The number of nitrogens with zero attached hydrogens (tertiary/aromatic N) is 5. The summed E-state index contributed by atoms with van der Waals surface area (Å²) in [5, 5.41) is 13.7. The number of amides is 1. The number of hydrogen-bond acceptors (Lipinski definition) is 7. The van der Waals surface area contributed by atoms with Crippen molar-refractivity contribution < 1.29 is 23.0 Å². The normalized spacial score (nSPS) is 13.5. The third kappa shape index (κ3) is 3.99. The smallest absolute Gasteiger partial charge is 0.395 e. The predicted molar refractivity (Wildman–Crippen MR) is 124 cm³/mol. The molecular formula is C23H15ClF2N6O4. The average Bonchev–Trinajstić information content (AvgIpc) is 3.44. The summed E-state index contributed by atoms with van der Waals surface area (Å²) in [6.45, 7) is 1.41. The molecule has 2 aromatic carbocycles. The number of alkyl halides is 2. The highest BCUT2D eigenvalue weighted by molar-refractivity contribution is 6.32. The third-order valence-electron chi connectivity index (χ3n) is 5.49. The summed E-state index contributed by atoms with van der Waals surface area (Å²) in [5.74, 6) is -0.890. The molecule has 1 amide bonds. The van der Waals surface area contributed by atoms with Gasteiger partial charge >= 0.3 is 6.29 Å². The molecule has 4 aromatic rings. The number of aromatic amines is 1. The first-order chi connectivity index (χ1) is 17.2. The number of nitriles is 1. The van der Waals surface area contributed by atoms with Gasteiger partial charge in [-0.15, -0.1) is 8.78 Å². The van der Waals surface area contributed by atoms with Gasteiger partial charge in [0.25, 0.3) is 5.56 Å². The number of aromatic nitrogens is 4. The summed E-state index contributed by atoms with van der Waals surface area (Å²) < 4.78 is 36.6. The molecule has 3 heterocycles. The van der Waals surface area contributed by atoms with E-state index in [2.05, 4.69) is 24.5 Å². The summed E-state index contributed by atoms with van der Waals surface area (Å²) >= 11 is 6.17. The van der Waals surface area contributed by atoms with Crippen LogP contribution in [0.15, 0.2) is 47.5 Å². The van der Waals surface area contributed by atoms with E-state index >= 15 is 0 Å². The van der Waals surface area contributed by atoms with Crippen LogP contribution in [0.4, 0.5) is 14.5 Å². The van der Waals surface area contributed by atoms with Crippen LogP contribution in [0.2, 0.25) is 5.02 Å². The number of halogens is 3. The quantitative estimate of drug-likeness (QED) is 0.432. The van der Waals surface area contributed by atoms with Crippen molar-refractivity contribution in [2.45, 2.75) is 19.8 Å². The number of ether oxygens (including phenoxy) is 2. The van der Waals surface area contributed by atoms with E-state index < -0.39 is 24.3 Å². The number of imidazole rings is 1. The van der Waals surface area contributed by atoms with Crippen molar-refractivity contribution in [3.63, 3.8) is 0 Å². The maximum atomic E-state index is 13.4. The van der Waals surface area contributed by atoms with Crippen molar-refractivity contribution in [3.05, 3.63) is 63.7 Å². The molecule has 0 bridgehead atoms. The Morgan fingerprint density at radius 2 is 2.03 bits per heavy atom. The highest BCUT2D eigenvalue weighted by Crippen LogP contribution is 2.42. The molecule has 1 aliphatic heterocycles. The second-order valence-corrected chi connectivity index (χ2v) is 8.09. The Morgan fingerprint density at radius 3 is 2.75 bits per heavy atom. The van der Waals surface area contributed by atoms with Crippen LogP contribution in [-0.2, 0) is 11.3 Å². The van der Waals surface area contributed by atoms with Gasteiger partial charge in [0, 0.05) is 23.9 Å². The van der Waals surface area contributed by atoms with Gasteiger partial charge in [-0.25, -0.2) is 9.67 Å². The zero-order valence-electron chi connectivity index (χ0n) is 18.5. The minimum atomic E-state index is -3.79. The van der Waals surface area contributed by atoms with E-state index in [1.165, 1.54) is 41.6 Å². The molecule has 0 aliphatic carbocycles. The number of hydrogen-bond donors (Lipinski definition) is 1. The first kappa shape index (κ1) is 23.3. The highest BCUT2D eigenvalue weighted by Gasteiger charge is 2.43. The van der Waals surface area contributed by atoms with Crippen LogP contribution in [-0.4, -0.2) is 38.5 Å². The summed E-state index contributed by atoms with van der Waals surface area (Å²) in [7, 11) is 0. The lowest BCUT2D eigenvalue weighted by Gasteiger charge is -2.21. The lowest BCUT2D eigenvalue weighted by Crippen LogP contribution is -2.37. The predicted octanol–water partition coefficient (Wildman–Crippen LogP) is 3.69. The third-order valence-corrected chi connectivity index (χ3v) is 5.81. The van der Waals surface area contributed by atoms with Crippen molar-refractivity contribution in [1.29, 1.82) is 5.26 Å². The van der Waals surface area contributed by atoms with Gasteiger partial charge in [0.2, 0.25) is 5.91 Å². The van der Waals surface area contributed by atoms with E-state index in [4.69, 9.17) is 16.9 Å². The van der Waals surface area contributed by atoms with Crippen molar-refractivity contribution in [1.82, 2.24) is 19.7 Å². The number of anilines is 1. The lowest BCUT2D eigenvalue weighted by molar-refractivity contribution is -0.286. The Bertz CT molecular complexity index is 1630. The summed E-state index contributed by atoms with van der Waals surface area (Å²) in [5.41, 5.74) is 1.12. The lowest BCUT2D eigenvalue weighted by atomic mass is 10.1. The minimum absolute atomic E-state index is 0.127. The van der Waals surface area contributed by atoms with Crippen molar-refractivity contribution >= 4 is 34.2 Å². The van der Waals surface area contributed by atoms with Gasteiger partial charge in [0.1, 0.15) is 29.3 Å². The van der Waals surface area contributed by atoms with Gasteiger partial charge in [-0.1, -0.05) is 17.7 Å². The second-order valence-electron chi connectivity index (χ2n) is 7.68. The number of H-pyrrole nitrogens is 1. The van der Waals surface area contributed by atoms with Gasteiger partial charge in [-0.05, 0) is 31.2 Å². The standard InChI is InChI=1S/C23H15ClF2N6O4/c1-2-31(14-5-6-16-17(8-14)36-23(25,26)35-16)18(33)10-32-22(34)21-20(28-11-29-21)19(30-32)12-3-4-13(9-27)15(24)7-12/h3-8,11H,2,10H2,1H3,(H,28,29). The van der Waals surface area contributed by atoms with E-state index in [9.17, 15) is 18.4 Å². The number of carbonyl (C=O) groups is 1. The summed E-state index contributed by atoms with van der Waals surface area (Å²) in [6.07, 6.45) is -2.46. The molecule has 5 rings (SSSR count). The van der Waals surface area contributed by atoms with Crippen LogP contribution in [0, 0.1) is 11.3 Å². The molecule has 0 atom stereocenters. The molecule has 36 heavy (non-hydrogen) atoms. The van der Waals surface area contributed by atoms with Crippen LogP contribution in [0.1, 0.15) is 12.5 Å². The number of rotatable bonds is 5.